The van der Waals surface area contributed by atoms with Crippen LogP contribution < -0.4 is 4.72 Å². The van der Waals surface area contributed by atoms with E-state index in [1.165, 1.54) is 36.4 Å². The molecule has 3 rings (SSSR count). The Morgan fingerprint density at radius 3 is 2.74 bits per heavy atom. The number of cyclic esters (lactones) is 1. The van der Waals surface area contributed by atoms with Gasteiger partial charge in [0.25, 0.3) is 10.0 Å². The zero-order valence-electron chi connectivity index (χ0n) is 14.3. The average molecular weight is 393 g/mol. The minimum absolute atomic E-state index is 0.0610. The van der Waals surface area contributed by atoms with E-state index in [0.717, 1.165) is 6.07 Å². The van der Waals surface area contributed by atoms with Gasteiger partial charge >= 0.3 is 11.9 Å². The number of halogens is 1. The number of anilines is 1. The van der Waals surface area contributed by atoms with Gasteiger partial charge in [-0.15, -0.1) is 0 Å². The summed E-state index contributed by atoms with van der Waals surface area (Å²) in [5.74, 6) is -2.06. The molecule has 0 spiro atoms. The van der Waals surface area contributed by atoms with Crippen LogP contribution in [0.5, 0.6) is 0 Å². The first-order valence-electron chi connectivity index (χ1n) is 8.03. The van der Waals surface area contributed by atoms with Crippen LogP contribution in [0.3, 0.4) is 0 Å². The highest BCUT2D eigenvalue weighted by atomic mass is 32.2. The number of benzene rings is 2. The topological polar surface area (TPSA) is 98.8 Å². The van der Waals surface area contributed by atoms with Crippen molar-refractivity contribution in [3.8, 4) is 0 Å². The number of rotatable bonds is 5. The van der Waals surface area contributed by atoms with Gasteiger partial charge in [-0.25, -0.2) is 22.4 Å². The normalized spacial score (nSPS) is 16.7. The van der Waals surface area contributed by atoms with E-state index in [-0.39, 0.29) is 29.2 Å². The SMILES string of the molecule is Cc1ccc(F)cc1S(=O)(=O)Nc1cccc(C(=O)O[C@H]2CCOC2=O)c1. The van der Waals surface area contributed by atoms with Crippen LogP contribution in [0.2, 0.25) is 0 Å². The van der Waals surface area contributed by atoms with E-state index in [4.69, 9.17) is 9.47 Å². The van der Waals surface area contributed by atoms with E-state index < -0.39 is 33.9 Å². The van der Waals surface area contributed by atoms with Crippen molar-refractivity contribution in [2.45, 2.75) is 24.3 Å². The van der Waals surface area contributed by atoms with Crippen LogP contribution in [0.25, 0.3) is 0 Å². The maximum absolute atomic E-state index is 13.4. The summed E-state index contributed by atoms with van der Waals surface area (Å²) >= 11 is 0. The van der Waals surface area contributed by atoms with E-state index in [2.05, 4.69) is 4.72 Å². The molecule has 0 radical (unpaired) electrons. The molecule has 0 saturated carbocycles. The van der Waals surface area contributed by atoms with Crippen LogP contribution >= 0.6 is 0 Å². The molecule has 1 fully saturated rings. The van der Waals surface area contributed by atoms with Crippen molar-refractivity contribution in [2.75, 3.05) is 11.3 Å². The first kappa shape index (κ1) is 18.8. The van der Waals surface area contributed by atoms with Crippen molar-refractivity contribution in [1.82, 2.24) is 0 Å². The molecule has 1 heterocycles. The lowest BCUT2D eigenvalue weighted by Gasteiger charge is -2.12. The first-order valence-corrected chi connectivity index (χ1v) is 9.51. The number of ether oxygens (including phenoxy) is 2. The van der Waals surface area contributed by atoms with Crippen molar-refractivity contribution in [3.05, 3.63) is 59.4 Å². The predicted molar refractivity (Wildman–Crippen MR) is 93.2 cm³/mol. The molecule has 142 valence electrons. The van der Waals surface area contributed by atoms with Gasteiger partial charge in [-0.3, -0.25) is 4.72 Å². The monoisotopic (exact) mass is 393 g/mol. The molecule has 7 nitrogen and oxygen atoms in total. The molecule has 0 unspecified atom stereocenters. The number of esters is 2. The number of carbonyl (C=O) groups is 2. The summed E-state index contributed by atoms with van der Waals surface area (Å²) in [6, 6.07) is 9.04. The van der Waals surface area contributed by atoms with Crippen molar-refractivity contribution in [1.29, 1.82) is 0 Å². The van der Waals surface area contributed by atoms with Crippen LogP contribution in [0, 0.1) is 12.7 Å². The minimum Gasteiger partial charge on any atom is -0.463 e. The number of nitrogens with one attached hydrogen (secondary N) is 1. The molecule has 1 aliphatic rings. The highest BCUT2D eigenvalue weighted by Crippen LogP contribution is 2.22. The number of hydrogen-bond donors (Lipinski definition) is 1. The lowest BCUT2D eigenvalue weighted by atomic mass is 10.2. The molecule has 1 atom stereocenters. The Morgan fingerprint density at radius 1 is 1.26 bits per heavy atom. The van der Waals surface area contributed by atoms with Crippen LogP contribution in [0.4, 0.5) is 10.1 Å². The van der Waals surface area contributed by atoms with Gasteiger partial charge in [-0.2, -0.15) is 0 Å². The third-order valence-electron chi connectivity index (χ3n) is 3.93. The van der Waals surface area contributed by atoms with Crippen LogP contribution in [-0.2, 0) is 24.3 Å². The quantitative estimate of drug-likeness (QED) is 0.784. The Morgan fingerprint density at radius 2 is 2.04 bits per heavy atom. The van der Waals surface area contributed by atoms with Crippen molar-refractivity contribution in [2.24, 2.45) is 0 Å². The first-order chi connectivity index (χ1) is 12.8. The summed E-state index contributed by atoms with van der Waals surface area (Å²) in [6.07, 6.45) is -0.691. The van der Waals surface area contributed by atoms with Gasteiger partial charge in [-0.1, -0.05) is 12.1 Å². The van der Waals surface area contributed by atoms with E-state index in [1.54, 1.807) is 6.92 Å². The van der Waals surface area contributed by atoms with Gasteiger partial charge in [0, 0.05) is 12.1 Å². The predicted octanol–water partition coefficient (Wildman–Crippen LogP) is 2.41. The summed E-state index contributed by atoms with van der Waals surface area (Å²) < 4.78 is 50.6. The molecule has 1 saturated heterocycles. The Hall–Kier alpha value is -2.94. The number of sulfonamides is 1. The van der Waals surface area contributed by atoms with E-state index in [9.17, 15) is 22.4 Å². The molecule has 0 aliphatic carbocycles. The summed E-state index contributed by atoms with van der Waals surface area (Å²) in [5, 5.41) is 0. The Kier molecular flexibility index (Phi) is 5.13. The molecule has 1 aliphatic heterocycles. The van der Waals surface area contributed by atoms with Gasteiger partial charge in [0.1, 0.15) is 5.82 Å². The van der Waals surface area contributed by atoms with Gasteiger partial charge < -0.3 is 9.47 Å². The van der Waals surface area contributed by atoms with E-state index in [1.807, 2.05) is 0 Å². The van der Waals surface area contributed by atoms with E-state index in [0.29, 0.717) is 5.56 Å². The van der Waals surface area contributed by atoms with E-state index >= 15 is 0 Å². The lowest BCUT2D eigenvalue weighted by molar-refractivity contribution is -0.145. The molecule has 2 aromatic rings. The highest BCUT2D eigenvalue weighted by molar-refractivity contribution is 7.92. The average Bonchev–Trinajstić information content (AvgIpc) is 3.01. The zero-order valence-corrected chi connectivity index (χ0v) is 15.1. The molecule has 1 N–H and O–H groups in total. The summed E-state index contributed by atoms with van der Waals surface area (Å²) in [6.45, 7) is 1.73. The Balaban J connectivity index is 1.80. The molecule has 27 heavy (non-hydrogen) atoms. The number of aryl methyl sites for hydroxylation is 1. The smallest absolute Gasteiger partial charge is 0.347 e. The Labute approximate surface area is 155 Å². The maximum atomic E-state index is 13.4. The largest absolute Gasteiger partial charge is 0.463 e. The molecule has 2 aromatic carbocycles. The van der Waals surface area contributed by atoms with Gasteiger partial charge in [-0.05, 0) is 42.8 Å². The number of carbonyl (C=O) groups excluding carboxylic acids is 2. The van der Waals surface area contributed by atoms with Gasteiger partial charge in [0.2, 0.25) is 6.10 Å². The second kappa shape index (κ2) is 7.36. The second-order valence-electron chi connectivity index (χ2n) is 5.95. The standard InChI is InChI=1S/C18H16FNO6S/c1-11-5-6-13(19)10-16(11)27(23,24)20-14-4-2-3-12(9-14)17(21)26-15-7-8-25-18(15)22/h2-6,9-10,15,20H,7-8H2,1H3/t15-/m0/s1. The molecule has 9 heteroatoms. The fraction of sp³-hybridized carbons (Fsp3) is 0.222. The zero-order chi connectivity index (χ0) is 19.6. The Bertz CT molecular complexity index is 1000. The fourth-order valence-electron chi connectivity index (χ4n) is 2.56. The second-order valence-corrected chi connectivity index (χ2v) is 7.60. The van der Waals surface area contributed by atoms with Crippen LogP contribution in [0.1, 0.15) is 22.3 Å². The fourth-order valence-corrected chi connectivity index (χ4v) is 3.87. The molecule has 0 amide bonds. The minimum atomic E-state index is -4.06. The van der Waals surface area contributed by atoms with Crippen molar-refractivity contribution >= 4 is 27.6 Å². The van der Waals surface area contributed by atoms with Crippen molar-refractivity contribution < 1.29 is 31.9 Å². The number of hydrogen-bond acceptors (Lipinski definition) is 6. The molecular weight excluding hydrogens is 377 g/mol. The molecular formula is C18H16FNO6S. The maximum Gasteiger partial charge on any atom is 0.347 e. The highest BCUT2D eigenvalue weighted by Gasteiger charge is 2.30. The van der Waals surface area contributed by atoms with Crippen molar-refractivity contribution in [3.63, 3.8) is 0 Å². The lowest BCUT2D eigenvalue weighted by Crippen LogP contribution is -2.22. The summed E-state index contributed by atoms with van der Waals surface area (Å²) in [4.78, 5) is 23.4. The third-order valence-corrected chi connectivity index (χ3v) is 5.45. The van der Waals surface area contributed by atoms with Gasteiger partial charge in [0.15, 0.2) is 0 Å². The van der Waals surface area contributed by atoms with Gasteiger partial charge in [0.05, 0.1) is 17.1 Å². The van der Waals surface area contributed by atoms with Crippen LogP contribution in [-0.4, -0.2) is 33.1 Å². The molecule has 0 aromatic heterocycles. The third kappa shape index (κ3) is 4.25. The summed E-state index contributed by atoms with van der Waals surface area (Å²) in [7, 11) is -4.06. The molecule has 0 bridgehead atoms. The van der Waals surface area contributed by atoms with Crippen LogP contribution in [0.15, 0.2) is 47.4 Å². The summed E-state index contributed by atoms with van der Waals surface area (Å²) in [5.41, 5.74) is 0.534.